The zero-order valence-corrected chi connectivity index (χ0v) is 14.3. The molecule has 7 nitrogen and oxygen atoms in total. The molecule has 130 valence electrons. The zero-order valence-electron chi connectivity index (χ0n) is 13.5. The van der Waals surface area contributed by atoms with Gasteiger partial charge in [0.05, 0.1) is 31.1 Å². The Hall–Kier alpha value is -0.960. The van der Waals surface area contributed by atoms with E-state index in [4.69, 9.17) is 9.47 Å². The molecule has 2 aliphatic rings. The first-order valence-electron chi connectivity index (χ1n) is 8.21. The molecule has 0 bridgehead atoms. The number of morpholine rings is 1. The van der Waals surface area contributed by atoms with Gasteiger partial charge in [0.2, 0.25) is 10.0 Å². The first-order valence-corrected chi connectivity index (χ1v) is 9.82. The summed E-state index contributed by atoms with van der Waals surface area (Å²) in [4.78, 5) is 0. The molecular formula is C15H25N3O4S. The van der Waals surface area contributed by atoms with E-state index >= 15 is 0 Å². The summed E-state index contributed by atoms with van der Waals surface area (Å²) in [6.07, 6.45) is 5.22. The van der Waals surface area contributed by atoms with Crippen LogP contribution >= 0.6 is 0 Å². The van der Waals surface area contributed by atoms with Crippen LogP contribution in [-0.2, 0) is 26.0 Å². The average Bonchev–Trinajstić information content (AvgIpc) is 3.00. The number of ether oxygens (including phenoxy) is 2. The molecular weight excluding hydrogens is 318 g/mol. The Labute approximate surface area is 137 Å². The predicted octanol–water partition coefficient (Wildman–Crippen LogP) is 0.729. The topological polar surface area (TPSA) is 73.7 Å². The van der Waals surface area contributed by atoms with Crippen LogP contribution in [0.5, 0.6) is 0 Å². The van der Waals surface area contributed by atoms with Crippen molar-refractivity contribution in [1.29, 1.82) is 0 Å². The van der Waals surface area contributed by atoms with Gasteiger partial charge in [0, 0.05) is 32.1 Å². The molecule has 23 heavy (non-hydrogen) atoms. The molecule has 0 saturated carbocycles. The van der Waals surface area contributed by atoms with Crippen LogP contribution in [0.25, 0.3) is 0 Å². The van der Waals surface area contributed by atoms with E-state index in [0.29, 0.717) is 32.8 Å². The maximum Gasteiger partial charge on any atom is 0.214 e. The second kappa shape index (κ2) is 7.29. The second-order valence-corrected chi connectivity index (χ2v) is 8.44. The van der Waals surface area contributed by atoms with Crippen LogP contribution in [-0.4, -0.2) is 66.8 Å². The van der Waals surface area contributed by atoms with Gasteiger partial charge in [-0.2, -0.15) is 9.40 Å². The van der Waals surface area contributed by atoms with Gasteiger partial charge in [0.25, 0.3) is 0 Å². The molecule has 0 radical (unpaired) electrons. The Kier molecular flexibility index (Phi) is 5.35. The van der Waals surface area contributed by atoms with Gasteiger partial charge in [-0.1, -0.05) is 0 Å². The summed E-state index contributed by atoms with van der Waals surface area (Å²) in [5, 5.41) is 4.15. The predicted molar refractivity (Wildman–Crippen MR) is 85.5 cm³/mol. The molecule has 1 aromatic heterocycles. The molecule has 0 amide bonds. The van der Waals surface area contributed by atoms with Crippen molar-refractivity contribution < 1.29 is 17.9 Å². The molecule has 0 spiro atoms. The Bertz CT molecular complexity index is 590. The van der Waals surface area contributed by atoms with Crippen LogP contribution in [0.1, 0.15) is 19.8 Å². The number of nitrogens with zero attached hydrogens (tertiary/aromatic N) is 3. The number of aromatic nitrogens is 2. The molecule has 2 fully saturated rings. The van der Waals surface area contributed by atoms with E-state index < -0.39 is 10.0 Å². The fourth-order valence-corrected chi connectivity index (χ4v) is 5.17. The summed E-state index contributed by atoms with van der Waals surface area (Å²) in [6, 6.07) is 1.85. The third kappa shape index (κ3) is 4.53. The maximum absolute atomic E-state index is 12.7. The first-order chi connectivity index (χ1) is 11.0. The smallest absolute Gasteiger partial charge is 0.214 e. The monoisotopic (exact) mass is 343 g/mol. The maximum atomic E-state index is 12.7. The van der Waals surface area contributed by atoms with E-state index in [1.807, 2.05) is 19.2 Å². The highest BCUT2D eigenvalue weighted by Gasteiger charge is 2.33. The Morgan fingerprint density at radius 1 is 1.30 bits per heavy atom. The summed E-state index contributed by atoms with van der Waals surface area (Å²) in [6.45, 7) is 4.53. The third-order valence-corrected chi connectivity index (χ3v) is 6.50. The standard InChI is InChI=1S/C15H25N3O4S/c1-13-9-14(3-7-21-13)12-23(19,20)18-6-8-22-15(11-18)10-17-5-2-4-16-17/h2,4-5,13-15H,3,6-12H2,1H3. The van der Waals surface area contributed by atoms with Crippen LogP contribution in [0.3, 0.4) is 0 Å². The minimum Gasteiger partial charge on any atom is -0.378 e. The Balaban J connectivity index is 1.58. The summed E-state index contributed by atoms with van der Waals surface area (Å²) >= 11 is 0. The fourth-order valence-electron chi connectivity index (χ4n) is 3.32. The van der Waals surface area contributed by atoms with Crippen molar-refractivity contribution in [1.82, 2.24) is 14.1 Å². The van der Waals surface area contributed by atoms with Crippen molar-refractivity contribution in [2.24, 2.45) is 5.92 Å². The number of hydrogen-bond acceptors (Lipinski definition) is 5. The van der Waals surface area contributed by atoms with Crippen molar-refractivity contribution >= 4 is 10.0 Å². The molecule has 3 atom stereocenters. The van der Waals surface area contributed by atoms with Gasteiger partial charge in [0.15, 0.2) is 0 Å². The van der Waals surface area contributed by atoms with Crippen molar-refractivity contribution in [3.05, 3.63) is 18.5 Å². The van der Waals surface area contributed by atoms with E-state index in [1.54, 1.807) is 15.2 Å². The SMILES string of the molecule is CC1CC(CS(=O)(=O)N2CCOC(Cn3cccn3)C2)CCO1. The first kappa shape index (κ1) is 16.9. The van der Waals surface area contributed by atoms with Crippen LogP contribution in [0.4, 0.5) is 0 Å². The number of rotatable bonds is 5. The van der Waals surface area contributed by atoms with Gasteiger partial charge >= 0.3 is 0 Å². The summed E-state index contributed by atoms with van der Waals surface area (Å²) in [7, 11) is -3.25. The lowest BCUT2D eigenvalue weighted by molar-refractivity contribution is -0.0129. The van der Waals surface area contributed by atoms with Gasteiger partial charge in [-0.3, -0.25) is 4.68 Å². The van der Waals surface area contributed by atoms with E-state index in [9.17, 15) is 8.42 Å². The molecule has 2 saturated heterocycles. The van der Waals surface area contributed by atoms with Crippen molar-refractivity contribution in [3.63, 3.8) is 0 Å². The highest BCUT2D eigenvalue weighted by molar-refractivity contribution is 7.89. The normalized spacial score (nSPS) is 30.4. The lowest BCUT2D eigenvalue weighted by Gasteiger charge is -2.34. The minimum atomic E-state index is -3.25. The third-order valence-electron chi connectivity index (χ3n) is 4.48. The van der Waals surface area contributed by atoms with Crippen LogP contribution in [0, 0.1) is 5.92 Å². The van der Waals surface area contributed by atoms with Crippen LogP contribution in [0.15, 0.2) is 18.5 Å². The zero-order chi connectivity index (χ0) is 16.3. The summed E-state index contributed by atoms with van der Waals surface area (Å²) < 4.78 is 40.0. The molecule has 8 heteroatoms. The van der Waals surface area contributed by atoms with Gasteiger partial charge in [0.1, 0.15) is 0 Å². The van der Waals surface area contributed by atoms with E-state index in [0.717, 1.165) is 12.8 Å². The average molecular weight is 343 g/mol. The van der Waals surface area contributed by atoms with Gasteiger partial charge in [-0.05, 0) is 31.7 Å². The molecule has 0 aliphatic carbocycles. The van der Waals surface area contributed by atoms with Gasteiger partial charge in [-0.15, -0.1) is 0 Å². The lowest BCUT2D eigenvalue weighted by Crippen LogP contribution is -2.48. The molecule has 1 aromatic rings. The lowest BCUT2D eigenvalue weighted by atomic mass is 9.98. The Morgan fingerprint density at radius 3 is 2.91 bits per heavy atom. The number of hydrogen-bond donors (Lipinski definition) is 0. The van der Waals surface area contributed by atoms with E-state index in [1.165, 1.54) is 0 Å². The minimum absolute atomic E-state index is 0.146. The molecule has 3 heterocycles. The fraction of sp³-hybridized carbons (Fsp3) is 0.800. The second-order valence-electron chi connectivity index (χ2n) is 6.43. The van der Waals surface area contributed by atoms with E-state index in [2.05, 4.69) is 5.10 Å². The van der Waals surface area contributed by atoms with Crippen LogP contribution < -0.4 is 0 Å². The molecule has 3 unspecified atom stereocenters. The number of sulfonamides is 1. The quantitative estimate of drug-likeness (QED) is 0.788. The van der Waals surface area contributed by atoms with Crippen molar-refractivity contribution in [2.75, 3.05) is 32.1 Å². The highest BCUT2D eigenvalue weighted by Crippen LogP contribution is 2.23. The van der Waals surface area contributed by atoms with Gasteiger partial charge in [-0.25, -0.2) is 8.42 Å². The molecule has 0 N–H and O–H groups in total. The summed E-state index contributed by atoms with van der Waals surface area (Å²) in [5.41, 5.74) is 0. The Morgan fingerprint density at radius 2 is 2.17 bits per heavy atom. The molecule has 3 rings (SSSR count). The molecule has 2 aliphatic heterocycles. The van der Waals surface area contributed by atoms with Crippen LogP contribution in [0.2, 0.25) is 0 Å². The summed E-state index contributed by atoms with van der Waals surface area (Å²) in [5.74, 6) is 0.408. The highest BCUT2D eigenvalue weighted by atomic mass is 32.2. The van der Waals surface area contributed by atoms with Crippen molar-refractivity contribution in [3.8, 4) is 0 Å². The molecule has 0 aromatic carbocycles. The largest absolute Gasteiger partial charge is 0.378 e. The van der Waals surface area contributed by atoms with Crippen molar-refractivity contribution in [2.45, 2.75) is 38.5 Å². The van der Waals surface area contributed by atoms with E-state index in [-0.39, 0.29) is 23.9 Å². The van der Waals surface area contributed by atoms with Gasteiger partial charge < -0.3 is 9.47 Å².